The van der Waals surface area contributed by atoms with Crippen molar-refractivity contribution in [1.82, 2.24) is 9.88 Å². The number of aliphatic hydroxyl groups excluding tert-OH is 1. The highest BCUT2D eigenvalue weighted by Crippen LogP contribution is 2.37. The second-order valence-corrected chi connectivity index (χ2v) is 5.22. The van der Waals surface area contributed by atoms with E-state index in [9.17, 15) is 14.7 Å². The molecule has 0 radical (unpaired) electrons. The molecule has 3 rings (SSSR count). The van der Waals surface area contributed by atoms with Crippen molar-refractivity contribution < 1.29 is 23.8 Å². The fourth-order valence-electron chi connectivity index (χ4n) is 2.69. The van der Waals surface area contributed by atoms with Crippen LogP contribution in [0.1, 0.15) is 22.3 Å². The number of hydrogen-bond acceptors (Lipinski definition) is 6. The molecule has 0 saturated carbocycles. The van der Waals surface area contributed by atoms with E-state index in [2.05, 4.69) is 4.98 Å². The molecule has 0 bridgehead atoms. The Morgan fingerprint density at radius 1 is 1.38 bits per heavy atom. The summed E-state index contributed by atoms with van der Waals surface area (Å²) in [5.74, 6) is -1.69. The van der Waals surface area contributed by atoms with Crippen molar-refractivity contribution in [2.24, 2.45) is 0 Å². The summed E-state index contributed by atoms with van der Waals surface area (Å²) in [6.07, 6.45) is 2.93. The maximum atomic E-state index is 12.7. The molecule has 1 aliphatic rings. The van der Waals surface area contributed by atoms with Gasteiger partial charge in [-0.1, -0.05) is 6.07 Å². The van der Waals surface area contributed by atoms with Gasteiger partial charge in [0.25, 0.3) is 5.91 Å². The van der Waals surface area contributed by atoms with Gasteiger partial charge in [0.2, 0.25) is 5.78 Å². The Kier molecular flexibility index (Phi) is 4.43. The van der Waals surface area contributed by atoms with Gasteiger partial charge in [-0.2, -0.15) is 0 Å². The number of rotatable bonds is 6. The predicted octanol–water partition coefficient (Wildman–Crippen LogP) is 1.90. The molecule has 0 saturated heterocycles. The lowest BCUT2D eigenvalue weighted by Crippen LogP contribution is -2.34. The normalized spacial score (nSPS) is 17.6. The average molecular weight is 328 g/mol. The fraction of sp³-hybridized carbons (Fsp3) is 0.235. The number of methoxy groups -OCH3 is 1. The van der Waals surface area contributed by atoms with Gasteiger partial charge in [0.1, 0.15) is 6.04 Å². The van der Waals surface area contributed by atoms with E-state index in [0.29, 0.717) is 5.69 Å². The number of carbonyl (C=O) groups is 2. The van der Waals surface area contributed by atoms with E-state index in [0.717, 1.165) is 0 Å². The lowest BCUT2D eigenvalue weighted by atomic mass is 9.98. The van der Waals surface area contributed by atoms with E-state index in [1.165, 1.54) is 24.3 Å². The molecule has 0 fully saturated rings. The molecule has 0 aromatic carbocycles. The Labute approximate surface area is 138 Å². The van der Waals surface area contributed by atoms with Crippen LogP contribution in [0.25, 0.3) is 0 Å². The minimum Gasteiger partial charge on any atom is -0.503 e. The zero-order valence-electron chi connectivity index (χ0n) is 13.0. The molecule has 1 atom stereocenters. The summed E-state index contributed by atoms with van der Waals surface area (Å²) in [6.45, 7) is 0.486. The minimum absolute atomic E-state index is 0.0373. The van der Waals surface area contributed by atoms with Crippen LogP contribution in [-0.2, 0) is 9.53 Å². The Balaban J connectivity index is 2.06. The van der Waals surface area contributed by atoms with Crippen LogP contribution in [-0.4, -0.2) is 46.9 Å². The number of ketones is 1. The smallest absolute Gasteiger partial charge is 0.290 e. The van der Waals surface area contributed by atoms with E-state index in [4.69, 9.17) is 9.15 Å². The van der Waals surface area contributed by atoms with Crippen molar-refractivity contribution in [2.45, 2.75) is 6.04 Å². The van der Waals surface area contributed by atoms with Gasteiger partial charge >= 0.3 is 0 Å². The lowest BCUT2D eigenvalue weighted by molar-refractivity contribution is -0.130. The topological polar surface area (TPSA) is 92.9 Å². The van der Waals surface area contributed by atoms with Crippen molar-refractivity contribution in [3.05, 3.63) is 65.6 Å². The quantitative estimate of drug-likeness (QED) is 0.814. The average Bonchev–Trinajstić information content (AvgIpc) is 3.22. The fourth-order valence-corrected chi connectivity index (χ4v) is 2.69. The number of hydrogen-bond donors (Lipinski definition) is 1. The highest BCUT2D eigenvalue weighted by atomic mass is 16.5. The number of pyridine rings is 1. The van der Waals surface area contributed by atoms with Gasteiger partial charge in [-0.25, -0.2) is 0 Å². The zero-order valence-corrected chi connectivity index (χ0v) is 13.0. The van der Waals surface area contributed by atoms with Crippen molar-refractivity contribution >= 4 is 11.7 Å². The molecule has 2 aromatic heterocycles. The first-order valence-electron chi connectivity index (χ1n) is 7.37. The summed E-state index contributed by atoms with van der Waals surface area (Å²) in [5, 5.41) is 10.3. The second kappa shape index (κ2) is 6.67. The van der Waals surface area contributed by atoms with E-state index >= 15 is 0 Å². The van der Waals surface area contributed by atoms with Gasteiger partial charge in [-0.15, -0.1) is 0 Å². The number of carbonyl (C=O) groups excluding carboxylic acids is 2. The summed E-state index contributed by atoms with van der Waals surface area (Å²) < 4.78 is 10.1. The van der Waals surface area contributed by atoms with Crippen LogP contribution in [0.15, 0.2) is 58.5 Å². The molecule has 124 valence electrons. The molecule has 1 unspecified atom stereocenters. The molecule has 24 heavy (non-hydrogen) atoms. The molecule has 2 aromatic rings. The largest absolute Gasteiger partial charge is 0.503 e. The Morgan fingerprint density at radius 3 is 2.83 bits per heavy atom. The van der Waals surface area contributed by atoms with Crippen LogP contribution >= 0.6 is 0 Å². The minimum atomic E-state index is -0.786. The Bertz CT molecular complexity index is 768. The monoisotopic (exact) mass is 328 g/mol. The van der Waals surface area contributed by atoms with Crippen LogP contribution < -0.4 is 0 Å². The molecule has 0 aliphatic carbocycles. The van der Waals surface area contributed by atoms with E-state index in [-0.39, 0.29) is 24.5 Å². The number of furan rings is 1. The van der Waals surface area contributed by atoms with Gasteiger partial charge in [0.05, 0.1) is 24.1 Å². The number of amides is 1. The van der Waals surface area contributed by atoms with E-state index < -0.39 is 23.5 Å². The van der Waals surface area contributed by atoms with Crippen LogP contribution in [0, 0.1) is 0 Å². The summed E-state index contributed by atoms with van der Waals surface area (Å²) in [7, 11) is 1.51. The van der Waals surface area contributed by atoms with Gasteiger partial charge in [-0.05, 0) is 24.3 Å². The van der Waals surface area contributed by atoms with Gasteiger partial charge in [-0.3, -0.25) is 14.6 Å². The molecule has 1 aliphatic heterocycles. The van der Waals surface area contributed by atoms with E-state index in [1.807, 2.05) is 0 Å². The molecular weight excluding hydrogens is 312 g/mol. The van der Waals surface area contributed by atoms with Crippen LogP contribution in [0.5, 0.6) is 0 Å². The maximum Gasteiger partial charge on any atom is 0.290 e. The molecule has 7 heteroatoms. The third-order valence-corrected chi connectivity index (χ3v) is 3.80. The SMILES string of the molecule is COCCN1C(=O)C(O)=C(C(=O)c2ccco2)C1c1ccccn1. The summed E-state index contributed by atoms with van der Waals surface area (Å²) in [6, 6.07) is 7.46. The molecule has 1 N–H and O–H groups in total. The predicted molar refractivity (Wildman–Crippen MR) is 83.3 cm³/mol. The zero-order chi connectivity index (χ0) is 17.1. The first-order valence-corrected chi connectivity index (χ1v) is 7.37. The van der Waals surface area contributed by atoms with Crippen LogP contribution in [0.3, 0.4) is 0 Å². The van der Waals surface area contributed by atoms with E-state index in [1.54, 1.807) is 30.5 Å². The first-order chi connectivity index (χ1) is 11.6. The third kappa shape index (κ3) is 2.69. The Morgan fingerprint density at radius 2 is 2.21 bits per heavy atom. The number of Topliss-reactive ketones (excluding diaryl/α,β-unsaturated/α-hetero) is 1. The molecule has 0 spiro atoms. The molecule has 1 amide bonds. The Hall–Kier alpha value is -2.93. The lowest BCUT2D eigenvalue weighted by Gasteiger charge is -2.25. The number of aromatic nitrogens is 1. The highest BCUT2D eigenvalue weighted by molar-refractivity contribution is 6.14. The first kappa shape index (κ1) is 15.9. The van der Waals surface area contributed by atoms with Crippen molar-refractivity contribution in [2.75, 3.05) is 20.3 Å². The van der Waals surface area contributed by atoms with Crippen molar-refractivity contribution in [1.29, 1.82) is 0 Å². The number of nitrogens with zero attached hydrogens (tertiary/aromatic N) is 2. The summed E-state index contributed by atoms with van der Waals surface area (Å²) in [4.78, 5) is 30.8. The molecule has 7 nitrogen and oxygen atoms in total. The van der Waals surface area contributed by atoms with Crippen LogP contribution in [0.2, 0.25) is 0 Å². The van der Waals surface area contributed by atoms with Gasteiger partial charge in [0, 0.05) is 19.9 Å². The standard InChI is InChI=1S/C17H16N2O5/c1-23-10-8-19-14(11-5-2-3-7-18-11)13(16(21)17(19)22)15(20)12-6-4-9-24-12/h2-7,9,14,21H,8,10H2,1H3. The molecular formula is C17H16N2O5. The number of aliphatic hydroxyl groups is 1. The van der Waals surface area contributed by atoms with Gasteiger partial charge in [0.15, 0.2) is 11.5 Å². The molecule has 3 heterocycles. The second-order valence-electron chi connectivity index (χ2n) is 5.22. The van der Waals surface area contributed by atoms with Crippen molar-refractivity contribution in [3.8, 4) is 0 Å². The third-order valence-electron chi connectivity index (χ3n) is 3.80. The summed E-state index contributed by atoms with van der Waals surface area (Å²) in [5.41, 5.74) is 0.450. The maximum absolute atomic E-state index is 12.7. The van der Waals surface area contributed by atoms with Crippen molar-refractivity contribution in [3.63, 3.8) is 0 Å². The highest BCUT2D eigenvalue weighted by Gasteiger charge is 2.44. The summed E-state index contributed by atoms with van der Waals surface area (Å²) >= 11 is 0. The number of ether oxygens (including phenoxy) is 1. The van der Waals surface area contributed by atoms with Crippen LogP contribution in [0.4, 0.5) is 0 Å². The van der Waals surface area contributed by atoms with Gasteiger partial charge < -0.3 is 19.2 Å².